The number of rotatable bonds is 1. The van der Waals surface area contributed by atoms with Crippen molar-refractivity contribution < 1.29 is 4.79 Å². The van der Waals surface area contributed by atoms with E-state index in [1.165, 1.54) is 0 Å². The third kappa shape index (κ3) is 2.37. The maximum absolute atomic E-state index is 12.1. The molecule has 0 saturated heterocycles. The molecule has 0 spiro atoms. The number of alkyl halides is 2. The third-order valence-corrected chi connectivity index (χ3v) is 5.77. The Morgan fingerprint density at radius 2 is 1.76 bits per heavy atom. The second kappa shape index (κ2) is 5.48. The number of fused-ring (bicyclic) bond motifs is 1. The maximum Gasteiger partial charge on any atom is 0.164 e. The highest BCUT2D eigenvalue weighted by molar-refractivity contribution is 6.42. The Morgan fingerprint density at radius 3 is 2.48 bits per heavy atom. The van der Waals surface area contributed by atoms with Gasteiger partial charge < -0.3 is 0 Å². The largest absolute Gasteiger partial charge is 0.294 e. The molecule has 0 aromatic heterocycles. The smallest absolute Gasteiger partial charge is 0.164 e. The van der Waals surface area contributed by atoms with Gasteiger partial charge in [0.2, 0.25) is 0 Å². The average molecular weight is 360 g/mol. The molecule has 3 rings (SSSR count). The van der Waals surface area contributed by atoms with Gasteiger partial charge in [-0.15, -0.1) is 23.2 Å². The number of hydrogen-bond acceptors (Lipinski definition) is 1. The number of carbonyl (C=O) groups is 1. The van der Waals surface area contributed by atoms with Gasteiger partial charge in [0.1, 0.15) is 4.87 Å². The summed E-state index contributed by atoms with van der Waals surface area (Å²) in [7, 11) is 0. The van der Waals surface area contributed by atoms with Crippen molar-refractivity contribution in [3.8, 4) is 0 Å². The summed E-state index contributed by atoms with van der Waals surface area (Å²) in [5, 5.41) is 0.304. The fourth-order valence-electron chi connectivity index (χ4n) is 2.68. The number of carbonyl (C=O) groups excluding carboxylic acids is 1. The number of Topliss-reactive ketones (excluding diaryl/α,β-unsaturated/α-hetero) is 1. The van der Waals surface area contributed by atoms with E-state index >= 15 is 0 Å². The molecule has 1 aliphatic rings. The molecule has 0 bridgehead atoms. The summed E-state index contributed by atoms with van der Waals surface area (Å²) in [6, 6.07) is 12.5. The highest BCUT2D eigenvalue weighted by Gasteiger charge is 2.46. The van der Waals surface area contributed by atoms with Crippen LogP contribution in [0.5, 0.6) is 0 Å². The van der Waals surface area contributed by atoms with Gasteiger partial charge in [-0.25, -0.2) is 0 Å². The zero-order valence-corrected chi connectivity index (χ0v) is 13.8. The van der Waals surface area contributed by atoms with E-state index in [4.69, 9.17) is 46.4 Å². The molecule has 0 fully saturated rings. The Labute approximate surface area is 142 Å². The molecule has 5 heteroatoms. The van der Waals surface area contributed by atoms with Gasteiger partial charge in [0.25, 0.3) is 0 Å². The third-order valence-electron chi connectivity index (χ3n) is 3.76. The van der Waals surface area contributed by atoms with Crippen molar-refractivity contribution in [2.45, 2.75) is 16.7 Å². The first-order valence-corrected chi connectivity index (χ1v) is 7.93. The summed E-state index contributed by atoms with van der Waals surface area (Å²) in [4.78, 5) is 11.1. The van der Waals surface area contributed by atoms with E-state index in [0.717, 1.165) is 5.56 Å². The lowest BCUT2D eigenvalue weighted by molar-refractivity contribution is 0.0968. The predicted molar refractivity (Wildman–Crippen MR) is 88.1 cm³/mol. The molecule has 108 valence electrons. The summed E-state index contributed by atoms with van der Waals surface area (Å²) in [6.07, 6.45) is 0.183. The zero-order valence-electron chi connectivity index (χ0n) is 10.7. The zero-order chi connectivity index (χ0) is 15.2. The predicted octanol–water partition coefficient (Wildman–Crippen LogP) is 5.67. The fourth-order valence-corrected chi connectivity index (χ4v) is 3.73. The van der Waals surface area contributed by atoms with Crippen LogP contribution in [-0.4, -0.2) is 11.2 Å². The van der Waals surface area contributed by atoms with E-state index in [1.807, 2.05) is 18.2 Å². The van der Waals surface area contributed by atoms with Crippen molar-refractivity contribution >= 4 is 52.2 Å². The topological polar surface area (TPSA) is 17.1 Å². The molecule has 2 aromatic rings. The van der Waals surface area contributed by atoms with Crippen LogP contribution in [0.4, 0.5) is 0 Å². The SMILES string of the molecule is O=C1CC(Cl)C(Cl)(c2ccc(Cl)c(Cl)c2)c2ccccc21. The second-order valence-corrected chi connectivity index (χ2v) is 6.92. The molecule has 0 saturated carbocycles. The normalized spacial score (nSPS) is 24.8. The molecule has 1 aliphatic carbocycles. The van der Waals surface area contributed by atoms with Crippen LogP contribution in [-0.2, 0) is 4.87 Å². The molecule has 0 amide bonds. The van der Waals surface area contributed by atoms with Gasteiger partial charge in [-0.3, -0.25) is 4.79 Å². The first kappa shape index (κ1) is 15.2. The van der Waals surface area contributed by atoms with Crippen LogP contribution in [0.15, 0.2) is 42.5 Å². The number of ketones is 1. The van der Waals surface area contributed by atoms with Crippen molar-refractivity contribution in [1.29, 1.82) is 0 Å². The van der Waals surface area contributed by atoms with Crippen molar-refractivity contribution in [2.75, 3.05) is 0 Å². The Balaban J connectivity index is 2.25. The van der Waals surface area contributed by atoms with Gasteiger partial charge in [0.05, 0.1) is 15.4 Å². The van der Waals surface area contributed by atoms with Crippen molar-refractivity contribution in [3.63, 3.8) is 0 Å². The highest BCUT2D eigenvalue weighted by Crippen LogP contribution is 2.49. The summed E-state index contributed by atoms with van der Waals surface area (Å²) in [5.41, 5.74) is 2.05. The van der Waals surface area contributed by atoms with Gasteiger partial charge in [-0.1, -0.05) is 53.5 Å². The standard InChI is InChI=1S/C16H10Cl4O/c17-12-6-5-9(7-13(12)18)16(20)11-4-2-1-3-10(11)14(21)8-15(16)19/h1-7,15H,8H2. The fraction of sp³-hybridized carbons (Fsp3) is 0.188. The van der Waals surface area contributed by atoms with E-state index < -0.39 is 10.3 Å². The van der Waals surface area contributed by atoms with Crippen LogP contribution in [0, 0.1) is 0 Å². The van der Waals surface area contributed by atoms with Crippen molar-refractivity contribution in [2.24, 2.45) is 0 Å². The first-order chi connectivity index (χ1) is 9.94. The van der Waals surface area contributed by atoms with E-state index in [2.05, 4.69) is 0 Å². The molecule has 0 heterocycles. The Bertz CT molecular complexity index is 728. The van der Waals surface area contributed by atoms with E-state index in [1.54, 1.807) is 24.3 Å². The Morgan fingerprint density at radius 1 is 1.05 bits per heavy atom. The minimum Gasteiger partial charge on any atom is -0.294 e. The lowest BCUT2D eigenvalue weighted by atomic mass is 9.77. The molecule has 0 aliphatic heterocycles. The first-order valence-electron chi connectivity index (χ1n) is 6.36. The molecular formula is C16H10Cl4O. The lowest BCUT2D eigenvalue weighted by Crippen LogP contribution is -2.39. The molecule has 21 heavy (non-hydrogen) atoms. The minimum absolute atomic E-state index is 0.00179. The van der Waals surface area contributed by atoms with Crippen LogP contribution in [0.25, 0.3) is 0 Å². The maximum atomic E-state index is 12.1. The van der Waals surface area contributed by atoms with Gasteiger partial charge in [-0.2, -0.15) is 0 Å². The molecule has 0 N–H and O–H groups in total. The summed E-state index contributed by atoms with van der Waals surface area (Å²) < 4.78 is 0. The summed E-state index contributed by atoms with van der Waals surface area (Å²) in [5.74, 6) is 0.00179. The quantitative estimate of drug-likeness (QED) is 0.599. The van der Waals surface area contributed by atoms with Crippen LogP contribution in [0.3, 0.4) is 0 Å². The molecule has 0 radical (unpaired) electrons. The molecule has 1 nitrogen and oxygen atoms in total. The average Bonchev–Trinajstić information content (AvgIpc) is 2.48. The summed E-state index contributed by atoms with van der Waals surface area (Å²) in [6.45, 7) is 0. The van der Waals surface area contributed by atoms with Crippen molar-refractivity contribution in [1.82, 2.24) is 0 Å². The molecular weight excluding hydrogens is 350 g/mol. The van der Waals surface area contributed by atoms with Gasteiger partial charge in [0.15, 0.2) is 5.78 Å². The molecule has 2 atom stereocenters. The Kier molecular flexibility index (Phi) is 3.96. The second-order valence-electron chi connectivity index (χ2n) is 4.98. The minimum atomic E-state index is -1.000. The number of benzene rings is 2. The highest BCUT2D eigenvalue weighted by atomic mass is 35.5. The summed E-state index contributed by atoms with van der Waals surface area (Å²) >= 11 is 25.4. The van der Waals surface area contributed by atoms with E-state index in [-0.39, 0.29) is 12.2 Å². The van der Waals surface area contributed by atoms with Gasteiger partial charge in [-0.05, 0) is 23.3 Å². The van der Waals surface area contributed by atoms with Crippen LogP contribution < -0.4 is 0 Å². The van der Waals surface area contributed by atoms with Gasteiger partial charge >= 0.3 is 0 Å². The number of halogens is 4. The van der Waals surface area contributed by atoms with Crippen LogP contribution >= 0.6 is 46.4 Å². The lowest BCUT2D eigenvalue weighted by Gasteiger charge is -2.37. The van der Waals surface area contributed by atoms with Gasteiger partial charge in [0, 0.05) is 12.0 Å². The molecule has 2 aromatic carbocycles. The number of hydrogen-bond donors (Lipinski definition) is 0. The molecule has 2 unspecified atom stereocenters. The van der Waals surface area contributed by atoms with Crippen LogP contribution in [0.2, 0.25) is 10.0 Å². The van der Waals surface area contributed by atoms with Crippen molar-refractivity contribution in [3.05, 3.63) is 69.2 Å². The van der Waals surface area contributed by atoms with E-state index in [9.17, 15) is 4.79 Å². The van der Waals surface area contributed by atoms with E-state index in [0.29, 0.717) is 21.2 Å². The van der Waals surface area contributed by atoms with Crippen LogP contribution in [0.1, 0.15) is 27.9 Å². The Hall–Kier alpha value is -0.730. The monoisotopic (exact) mass is 358 g/mol.